The number of hydrogen-bond donors (Lipinski definition) is 2. The third-order valence-electron chi connectivity index (χ3n) is 4.07. The molecule has 0 spiro atoms. The molecule has 2 aromatic rings. The van der Waals surface area contributed by atoms with Crippen LogP contribution in [0.2, 0.25) is 5.02 Å². The second-order valence-corrected chi connectivity index (χ2v) is 8.25. The molecule has 1 heterocycles. The summed E-state index contributed by atoms with van der Waals surface area (Å²) in [5.41, 5.74) is 0.542. The van der Waals surface area contributed by atoms with Gasteiger partial charge in [-0.3, -0.25) is 24.6 Å². The number of aromatic hydroxyl groups is 1. The van der Waals surface area contributed by atoms with Crippen LogP contribution in [0.15, 0.2) is 47.4 Å². The molecule has 2 amide bonds. The molecule has 1 aliphatic rings. The van der Waals surface area contributed by atoms with Crippen molar-refractivity contribution in [1.82, 2.24) is 4.90 Å². The van der Waals surface area contributed by atoms with Crippen LogP contribution in [-0.4, -0.2) is 37.6 Å². The molecule has 11 heteroatoms. The van der Waals surface area contributed by atoms with Gasteiger partial charge in [0.05, 0.1) is 21.6 Å². The van der Waals surface area contributed by atoms with Gasteiger partial charge in [0.25, 0.3) is 11.6 Å². The highest BCUT2D eigenvalue weighted by Gasteiger charge is 2.32. The molecule has 0 radical (unpaired) electrons. The summed E-state index contributed by atoms with van der Waals surface area (Å²) >= 11 is 12.2. The van der Waals surface area contributed by atoms with Gasteiger partial charge in [-0.25, -0.2) is 0 Å². The second-order valence-electron chi connectivity index (χ2n) is 6.14. The van der Waals surface area contributed by atoms with Crippen molar-refractivity contribution in [3.8, 4) is 5.75 Å². The molecule has 0 atom stereocenters. The van der Waals surface area contributed by atoms with Crippen LogP contribution in [0.3, 0.4) is 0 Å². The van der Waals surface area contributed by atoms with Gasteiger partial charge < -0.3 is 10.4 Å². The topological polar surface area (TPSA) is 113 Å². The van der Waals surface area contributed by atoms with Crippen molar-refractivity contribution in [3.05, 3.63) is 68.1 Å². The summed E-state index contributed by atoms with van der Waals surface area (Å²) in [6.45, 7) is 0.0577. The Kier molecular flexibility index (Phi) is 6.70. The van der Waals surface area contributed by atoms with Crippen molar-refractivity contribution in [2.45, 2.75) is 6.42 Å². The van der Waals surface area contributed by atoms with E-state index in [4.69, 9.17) is 23.8 Å². The summed E-state index contributed by atoms with van der Waals surface area (Å²) < 4.78 is 0.339. The van der Waals surface area contributed by atoms with E-state index in [2.05, 4.69) is 5.32 Å². The maximum absolute atomic E-state index is 12.6. The minimum absolute atomic E-state index is 0.0404. The Balaban J connectivity index is 1.60. The predicted molar refractivity (Wildman–Crippen MR) is 119 cm³/mol. The highest BCUT2D eigenvalue weighted by molar-refractivity contribution is 8.26. The quantitative estimate of drug-likeness (QED) is 0.217. The fourth-order valence-electron chi connectivity index (χ4n) is 2.57. The van der Waals surface area contributed by atoms with Crippen molar-refractivity contribution < 1.29 is 19.6 Å². The average Bonchev–Trinajstić information content (AvgIpc) is 2.96. The Morgan fingerprint density at radius 2 is 2.00 bits per heavy atom. The number of nitro groups is 1. The molecule has 8 nitrogen and oxygen atoms in total. The number of rotatable bonds is 6. The predicted octanol–water partition coefficient (Wildman–Crippen LogP) is 4.18. The largest absolute Gasteiger partial charge is 0.506 e. The Morgan fingerprint density at radius 3 is 2.63 bits per heavy atom. The van der Waals surface area contributed by atoms with Gasteiger partial charge in [-0.2, -0.15) is 0 Å². The van der Waals surface area contributed by atoms with Gasteiger partial charge in [-0.05, 0) is 29.8 Å². The van der Waals surface area contributed by atoms with Gasteiger partial charge in [0.1, 0.15) is 10.1 Å². The number of carbonyl (C=O) groups excluding carboxylic acids is 2. The number of thioether (sulfide) groups is 1. The van der Waals surface area contributed by atoms with Crippen molar-refractivity contribution in [1.29, 1.82) is 0 Å². The van der Waals surface area contributed by atoms with Gasteiger partial charge in [0.2, 0.25) is 5.91 Å². The zero-order chi connectivity index (χ0) is 21.8. The molecule has 0 aromatic heterocycles. The number of thiocarbonyl (C=S) groups is 1. The van der Waals surface area contributed by atoms with Crippen LogP contribution in [0.25, 0.3) is 6.08 Å². The molecule has 2 N–H and O–H groups in total. The number of anilines is 1. The Hall–Kier alpha value is -2.95. The lowest BCUT2D eigenvalue weighted by molar-refractivity contribution is -0.384. The molecule has 1 saturated heterocycles. The number of hydrogen-bond acceptors (Lipinski definition) is 7. The molecule has 3 rings (SSSR count). The van der Waals surface area contributed by atoms with E-state index < -0.39 is 16.6 Å². The second kappa shape index (κ2) is 9.24. The molecule has 2 aromatic carbocycles. The fourth-order valence-corrected chi connectivity index (χ4v) is 4.00. The lowest BCUT2D eigenvalue weighted by Crippen LogP contribution is -2.31. The Morgan fingerprint density at radius 1 is 1.30 bits per heavy atom. The van der Waals surface area contributed by atoms with E-state index in [1.54, 1.807) is 30.3 Å². The van der Waals surface area contributed by atoms with Crippen LogP contribution in [0, 0.1) is 10.1 Å². The number of nitrogens with one attached hydrogen (secondary N) is 1. The molecule has 154 valence electrons. The summed E-state index contributed by atoms with van der Waals surface area (Å²) in [5, 5.41) is 23.6. The van der Waals surface area contributed by atoms with Gasteiger partial charge in [0, 0.05) is 24.1 Å². The maximum Gasteiger partial charge on any atom is 0.273 e. The van der Waals surface area contributed by atoms with Crippen LogP contribution in [0.5, 0.6) is 5.75 Å². The van der Waals surface area contributed by atoms with Crippen molar-refractivity contribution in [2.24, 2.45) is 0 Å². The molecule has 0 aliphatic carbocycles. The lowest BCUT2D eigenvalue weighted by atomic mass is 10.2. The molecular weight excluding hydrogens is 450 g/mol. The summed E-state index contributed by atoms with van der Waals surface area (Å²) in [5.74, 6) is -1.20. The van der Waals surface area contributed by atoms with Crippen molar-refractivity contribution >= 4 is 69.2 Å². The monoisotopic (exact) mass is 463 g/mol. The van der Waals surface area contributed by atoms with E-state index in [-0.39, 0.29) is 30.2 Å². The van der Waals surface area contributed by atoms with Crippen LogP contribution in [0.1, 0.15) is 12.0 Å². The van der Waals surface area contributed by atoms with E-state index in [0.717, 1.165) is 23.4 Å². The standard InChI is InChI=1S/C19H14ClN3O5S2/c20-12-3-1-11(2-4-12)9-16-18(26)22(19(29)30-16)8-7-17(25)21-14-6-5-13(23(27)28)10-15(14)24/h1-6,9-10,24H,7-8H2,(H,21,25). The van der Waals surface area contributed by atoms with E-state index in [1.807, 2.05) is 0 Å². The first-order valence-corrected chi connectivity index (χ1v) is 10.1. The van der Waals surface area contributed by atoms with Crippen molar-refractivity contribution in [2.75, 3.05) is 11.9 Å². The van der Waals surface area contributed by atoms with E-state index in [9.17, 15) is 24.8 Å². The summed E-state index contributed by atoms with van der Waals surface area (Å²) in [4.78, 5) is 36.6. The van der Waals surface area contributed by atoms with Gasteiger partial charge >= 0.3 is 0 Å². The number of non-ortho nitro benzene ring substituents is 1. The fraction of sp³-hybridized carbons (Fsp3) is 0.105. The molecule has 30 heavy (non-hydrogen) atoms. The van der Waals surface area contributed by atoms with Crippen LogP contribution >= 0.6 is 35.6 Å². The first-order chi connectivity index (χ1) is 14.2. The summed E-state index contributed by atoms with van der Waals surface area (Å²) in [6, 6.07) is 10.3. The summed E-state index contributed by atoms with van der Waals surface area (Å²) in [7, 11) is 0. The molecule has 0 bridgehead atoms. The molecule has 1 fully saturated rings. The third-order valence-corrected chi connectivity index (χ3v) is 5.70. The highest BCUT2D eigenvalue weighted by atomic mass is 35.5. The van der Waals surface area contributed by atoms with Gasteiger partial charge in [-0.15, -0.1) is 0 Å². The van der Waals surface area contributed by atoms with Gasteiger partial charge in [-0.1, -0.05) is 47.7 Å². The van der Waals surface area contributed by atoms with Crippen molar-refractivity contribution in [3.63, 3.8) is 0 Å². The van der Waals surface area contributed by atoms with Crippen LogP contribution in [-0.2, 0) is 9.59 Å². The smallest absolute Gasteiger partial charge is 0.273 e. The SMILES string of the molecule is O=C(CCN1C(=O)C(=Cc2ccc(Cl)cc2)SC1=S)Nc1ccc([N+](=O)[O-])cc1O. The first-order valence-electron chi connectivity index (χ1n) is 8.53. The van der Waals surface area contributed by atoms with Crippen LogP contribution in [0.4, 0.5) is 11.4 Å². The van der Waals surface area contributed by atoms with E-state index in [0.29, 0.717) is 14.2 Å². The minimum atomic E-state index is -0.655. The number of nitro benzene ring substituents is 1. The number of phenolic OH excluding ortho intramolecular Hbond substituents is 1. The zero-order valence-electron chi connectivity index (χ0n) is 15.2. The number of benzene rings is 2. The maximum atomic E-state index is 12.6. The Labute approximate surface area is 185 Å². The average molecular weight is 464 g/mol. The normalized spacial score (nSPS) is 15.0. The number of phenols is 1. The molecular formula is C19H14ClN3O5S2. The highest BCUT2D eigenvalue weighted by Crippen LogP contribution is 2.33. The zero-order valence-corrected chi connectivity index (χ0v) is 17.6. The number of halogens is 1. The number of carbonyl (C=O) groups is 2. The van der Waals surface area contributed by atoms with Crippen LogP contribution < -0.4 is 5.32 Å². The number of nitrogens with zero attached hydrogens (tertiary/aromatic N) is 2. The molecule has 0 unspecified atom stereocenters. The number of amides is 2. The summed E-state index contributed by atoms with van der Waals surface area (Å²) in [6.07, 6.45) is 1.63. The molecule has 0 saturated carbocycles. The van der Waals surface area contributed by atoms with Gasteiger partial charge in [0.15, 0.2) is 0 Å². The minimum Gasteiger partial charge on any atom is -0.506 e. The third kappa shape index (κ3) is 5.15. The lowest BCUT2D eigenvalue weighted by Gasteiger charge is -2.14. The van der Waals surface area contributed by atoms with E-state index in [1.165, 1.54) is 17.0 Å². The van der Waals surface area contributed by atoms with E-state index >= 15 is 0 Å². The first kappa shape index (κ1) is 21.8. The Bertz CT molecular complexity index is 1070. The molecule has 1 aliphatic heterocycles.